The molecule has 1 aromatic heterocycles. The lowest BCUT2D eigenvalue weighted by molar-refractivity contribution is 0.680. The van der Waals surface area contributed by atoms with Gasteiger partial charge in [0.05, 0.1) is 5.52 Å². The number of aromatic nitrogens is 1. The van der Waals surface area contributed by atoms with E-state index in [0.717, 1.165) is 18.6 Å². The summed E-state index contributed by atoms with van der Waals surface area (Å²) in [7, 11) is 0. The van der Waals surface area contributed by atoms with Crippen molar-refractivity contribution in [2.75, 3.05) is 18.0 Å². The summed E-state index contributed by atoms with van der Waals surface area (Å²) in [5.74, 6) is 0. The fraction of sp³-hybridized carbons (Fsp3) is 0.286. The van der Waals surface area contributed by atoms with Crippen LogP contribution in [0.1, 0.15) is 12.8 Å². The molecule has 0 spiro atoms. The number of hydrogen-bond donors (Lipinski definition) is 0. The Balaban J connectivity index is 2.08. The molecule has 0 amide bonds. The van der Waals surface area contributed by atoms with Gasteiger partial charge in [-0.2, -0.15) is 0 Å². The third kappa shape index (κ3) is 1.64. The van der Waals surface area contributed by atoms with Crippen molar-refractivity contribution in [1.29, 1.82) is 0 Å². The number of benzene rings is 1. The SMILES string of the molecule is [CH]1CCN(c2ccnc3ccccc23)CC1. The topological polar surface area (TPSA) is 16.1 Å². The minimum absolute atomic E-state index is 1.09. The maximum atomic E-state index is 4.40. The first-order valence-electron chi connectivity index (χ1n) is 5.85. The molecule has 1 saturated heterocycles. The van der Waals surface area contributed by atoms with Gasteiger partial charge in [-0.1, -0.05) is 18.2 Å². The zero-order valence-corrected chi connectivity index (χ0v) is 9.26. The van der Waals surface area contributed by atoms with E-state index in [1.165, 1.54) is 23.9 Å². The molecule has 0 atom stereocenters. The van der Waals surface area contributed by atoms with E-state index >= 15 is 0 Å². The Morgan fingerprint density at radius 3 is 2.69 bits per heavy atom. The van der Waals surface area contributed by atoms with Crippen molar-refractivity contribution in [2.24, 2.45) is 0 Å². The fourth-order valence-corrected chi connectivity index (χ4v) is 2.35. The van der Waals surface area contributed by atoms with E-state index in [-0.39, 0.29) is 0 Å². The molecule has 0 N–H and O–H groups in total. The lowest BCUT2D eigenvalue weighted by atomic mass is 10.1. The van der Waals surface area contributed by atoms with Gasteiger partial charge in [0.1, 0.15) is 0 Å². The van der Waals surface area contributed by atoms with E-state index in [4.69, 9.17) is 0 Å². The molecule has 2 heteroatoms. The van der Waals surface area contributed by atoms with Crippen LogP contribution in [0, 0.1) is 6.42 Å². The van der Waals surface area contributed by atoms with Crippen LogP contribution in [-0.2, 0) is 0 Å². The molecule has 0 unspecified atom stereocenters. The summed E-state index contributed by atoms with van der Waals surface area (Å²) in [5.41, 5.74) is 2.42. The van der Waals surface area contributed by atoms with Gasteiger partial charge in [-0.05, 0) is 31.4 Å². The first-order valence-corrected chi connectivity index (χ1v) is 5.85. The highest BCUT2D eigenvalue weighted by molar-refractivity contribution is 5.91. The van der Waals surface area contributed by atoms with E-state index in [1.54, 1.807) is 0 Å². The summed E-state index contributed by atoms with van der Waals surface area (Å²) in [6.07, 6.45) is 6.67. The normalized spacial score (nSPS) is 16.6. The Bertz CT molecular complexity index is 482. The molecule has 2 nitrogen and oxygen atoms in total. The molecule has 1 fully saturated rings. The third-order valence-electron chi connectivity index (χ3n) is 3.17. The van der Waals surface area contributed by atoms with Crippen molar-refractivity contribution in [3.8, 4) is 0 Å². The Labute approximate surface area is 95.9 Å². The third-order valence-corrected chi connectivity index (χ3v) is 3.17. The van der Waals surface area contributed by atoms with E-state index in [0.29, 0.717) is 0 Å². The second-order valence-corrected chi connectivity index (χ2v) is 4.20. The molecule has 2 aromatic rings. The zero-order chi connectivity index (χ0) is 10.8. The predicted molar refractivity (Wildman–Crippen MR) is 67.5 cm³/mol. The van der Waals surface area contributed by atoms with Gasteiger partial charge in [-0.3, -0.25) is 4.98 Å². The summed E-state index contributed by atoms with van der Waals surface area (Å²) in [5, 5.41) is 1.27. The Morgan fingerprint density at radius 2 is 1.81 bits per heavy atom. The van der Waals surface area contributed by atoms with Gasteiger partial charge in [0.25, 0.3) is 0 Å². The number of para-hydroxylation sites is 1. The molecule has 16 heavy (non-hydrogen) atoms. The van der Waals surface area contributed by atoms with Crippen molar-refractivity contribution in [3.63, 3.8) is 0 Å². The standard InChI is InChI=1S/C14H15N2/c1-4-10-16(11-5-1)14-8-9-15-13-7-3-2-6-12(13)14/h1-3,6-9H,4-5,10-11H2. The highest BCUT2D eigenvalue weighted by atomic mass is 15.1. The van der Waals surface area contributed by atoms with Gasteiger partial charge in [0.2, 0.25) is 0 Å². The molecule has 0 saturated carbocycles. The Hall–Kier alpha value is -1.57. The largest absolute Gasteiger partial charge is 0.371 e. The summed E-state index contributed by atoms with van der Waals surface area (Å²) in [4.78, 5) is 6.86. The Morgan fingerprint density at radius 1 is 1.00 bits per heavy atom. The van der Waals surface area contributed by atoms with Crippen LogP contribution in [-0.4, -0.2) is 18.1 Å². The number of pyridine rings is 1. The number of anilines is 1. The van der Waals surface area contributed by atoms with Crippen LogP contribution in [0.2, 0.25) is 0 Å². The first-order chi connectivity index (χ1) is 7.95. The van der Waals surface area contributed by atoms with Crippen LogP contribution >= 0.6 is 0 Å². The van der Waals surface area contributed by atoms with Gasteiger partial charge < -0.3 is 4.90 Å². The van der Waals surface area contributed by atoms with Crippen LogP contribution in [0.3, 0.4) is 0 Å². The van der Waals surface area contributed by atoms with Crippen molar-refractivity contribution in [2.45, 2.75) is 12.8 Å². The van der Waals surface area contributed by atoms with E-state index < -0.39 is 0 Å². The van der Waals surface area contributed by atoms with Gasteiger partial charge in [0.15, 0.2) is 0 Å². The zero-order valence-electron chi connectivity index (χ0n) is 9.26. The molecule has 0 aliphatic carbocycles. The van der Waals surface area contributed by atoms with Crippen molar-refractivity contribution in [3.05, 3.63) is 42.9 Å². The van der Waals surface area contributed by atoms with Crippen LogP contribution in [0.25, 0.3) is 10.9 Å². The average Bonchev–Trinajstić information content (AvgIpc) is 2.39. The summed E-state index contributed by atoms with van der Waals surface area (Å²) >= 11 is 0. The number of fused-ring (bicyclic) bond motifs is 1. The maximum Gasteiger partial charge on any atom is 0.0722 e. The van der Waals surface area contributed by atoms with E-state index in [9.17, 15) is 0 Å². The quantitative estimate of drug-likeness (QED) is 0.720. The number of piperidine rings is 1. The first kappa shape index (κ1) is 9.64. The summed E-state index contributed by atoms with van der Waals surface area (Å²) in [6.45, 7) is 2.27. The van der Waals surface area contributed by atoms with Crippen LogP contribution in [0.4, 0.5) is 5.69 Å². The molecule has 2 heterocycles. The Kier molecular flexibility index (Phi) is 2.49. The minimum atomic E-state index is 1.09. The van der Waals surface area contributed by atoms with Gasteiger partial charge in [-0.25, -0.2) is 0 Å². The van der Waals surface area contributed by atoms with Crippen LogP contribution in [0.15, 0.2) is 36.5 Å². The fourth-order valence-electron chi connectivity index (χ4n) is 2.35. The predicted octanol–water partition coefficient (Wildman–Crippen LogP) is 3.04. The monoisotopic (exact) mass is 211 g/mol. The van der Waals surface area contributed by atoms with Gasteiger partial charge >= 0.3 is 0 Å². The van der Waals surface area contributed by atoms with Crippen molar-refractivity contribution >= 4 is 16.6 Å². The summed E-state index contributed by atoms with van der Waals surface area (Å²) < 4.78 is 0. The molecule has 1 aliphatic heterocycles. The number of nitrogens with zero attached hydrogens (tertiary/aromatic N) is 2. The smallest absolute Gasteiger partial charge is 0.0722 e. The van der Waals surface area contributed by atoms with E-state index in [2.05, 4.69) is 40.6 Å². The maximum absolute atomic E-state index is 4.40. The lowest BCUT2D eigenvalue weighted by Gasteiger charge is -2.29. The molecule has 0 bridgehead atoms. The summed E-state index contributed by atoms with van der Waals surface area (Å²) in [6, 6.07) is 10.5. The molecule has 3 rings (SSSR count). The highest BCUT2D eigenvalue weighted by Gasteiger charge is 2.13. The van der Waals surface area contributed by atoms with Gasteiger partial charge in [-0.15, -0.1) is 0 Å². The number of rotatable bonds is 1. The molecular weight excluding hydrogens is 196 g/mol. The average molecular weight is 211 g/mol. The highest BCUT2D eigenvalue weighted by Crippen LogP contribution is 2.27. The number of hydrogen-bond acceptors (Lipinski definition) is 2. The second kappa shape index (κ2) is 4.12. The minimum Gasteiger partial charge on any atom is -0.371 e. The van der Waals surface area contributed by atoms with Gasteiger partial charge in [0, 0.05) is 30.4 Å². The van der Waals surface area contributed by atoms with Crippen LogP contribution in [0.5, 0.6) is 0 Å². The molecule has 1 aromatic carbocycles. The van der Waals surface area contributed by atoms with Crippen molar-refractivity contribution in [1.82, 2.24) is 4.98 Å². The lowest BCUT2D eigenvalue weighted by Crippen LogP contribution is -2.29. The molecule has 1 aliphatic rings. The van der Waals surface area contributed by atoms with Crippen LogP contribution < -0.4 is 4.90 Å². The molecular formula is C14H15N2. The second-order valence-electron chi connectivity index (χ2n) is 4.20. The van der Waals surface area contributed by atoms with E-state index in [1.807, 2.05) is 12.3 Å². The molecule has 1 radical (unpaired) electrons. The molecule has 81 valence electrons. The van der Waals surface area contributed by atoms with Crippen molar-refractivity contribution < 1.29 is 0 Å².